The Bertz CT molecular complexity index is 285. The standard InChI is InChI=1S/C8H11BrN2O2/c1-6-7(13-5-11-6)8(12)10-4-2-3-9/h5H,2-4H2,1H3,(H,10,12). The summed E-state index contributed by atoms with van der Waals surface area (Å²) in [6.45, 7) is 2.38. The van der Waals surface area contributed by atoms with Gasteiger partial charge >= 0.3 is 0 Å². The van der Waals surface area contributed by atoms with Crippen molar-refractivity contribution in [1.82, 2.24) is 10.3 Å². The topological polar surface area (TPSA) is 55.1 Å². The van der Waals surface area contributed by atoms with Crippen LogP contribution in [-0.4, -0.2) is 22.8 Å². The van der Waals surface area contributed by atoms with Crippen LogP contribution in [0, 0.1) is 6.92 Å². The molecule has 1 N–H and O–H groups in total. The lowest BCUT2D eigenvalue weighted by Crippen LogP contribution is -2.24. The van der Waals surface area contributed by atoms with Crippen LogP contribution >= 0.6 is 15.9 Å². The number of aromatic nitrogens is 1. The highest BCUT2D eigenvalue weighted by molar-refractivity contribution is 9.09. The highest BCUT2D eigenvalue weighted by Crippen LogP contribution is 2.03. The second-order valence-corrected chi connectivity index (χ2v) is 3.36. The van der Waals surface area contributed by atoms with Crippen molar-refractivity contribution in [2.45, 2.75) is 13.3 Å². The Morgan fingerprint density at radius 2 is 2.54 bits per heavy atom. The monoisotopic (exact) mass is 246 g/mol. The molecule has 5 heteroatoms. The number of hydrogen-bond donors (Lipinski definition) is 1. The van der Waals surface area contributed by atoms with E-state index >= 15 is 0 Å². The number of oxazole rings is 1. The SMILES string of the molecule is Cc1ncoc1C(=O)NCCCBr. The van der Waals surface area contributed by atoms with Crippen molar-refractivity contribution in [1.29, 1.82) is 0 Å². The van der Waals surface area contributed by atoms with Crippen molar-refractivity contribution in [3.63, 3.8) is 0 Å². The minimum atomic E-state index is -0.198. The van der Waals surface area contributed by atoms with Gasteiger partial charge in [-0.2, -0.15) is 0 Å². The predicted molar refractivity (Wildman–Crippen MR) is 52.0 cm³/mol. The zero-order chi connectivity index (χ0) is 9.68. The van der Waals surface area contributed by atoms with E-state index < -0.39 is 0 Å². The van der Waals surface area contributed by atoms with E-state index in [4.69, 9.17) is 4.42 Å². The molecule has 1 rings (SSSR count). The lowest BCUT2D eigenvalue weighted by atomic mass is 10.3. The van der Waals surface area contributed by atoms with Gasteiger partial charge in [0, 0.05) is 11.9 Å². The fourth-order valence-electron chi connectivity index (χ4n) is 0.869. The molecule has 0 aliphatic rings. The zero-order valence-electron chi connectivity index (χ0n) is 7.34. The van der Waals surface area contributed by atoms with Crippen molar-refractivity contribution >= 4 is 21.8 Å². The normalized spacial score (nSPS) is 10.0. The molecule has 0 aliphatic heterocycles. The van der Waals surface area contributed by atoms with E-state index in [9.17, 15) is 4.79 Å². The lowest BCUT2D eigenvalue weighted by molar-refractivity contribution is 0.0925. The molecule has 0 fully saturated rings. The first-order chi connectivity index (χ1) is 6.25. The van der Waals surface area contributed by atoms with Crippen molar-refractivity contribution < 1.29 is 9.21 Å². The fraction of sp³-hybridized carbons (Fsp3) is 0.500. The summed E-state index contributed by atoms with van der Waals surface area (Å²) >= 11 is 3.28. The average molecular weight is 247 g/mol. The highest BCUT2D eigenvalue weighted by Gasteiger charge is 2.12. The molecule has 0 radical (unpaired) electrons. The molecule has 1 aromatic rings. The van der Waals surface area contributed by atoms with Gasteiger partial charge in [0.1, 0.15) is 0 Å². The molecular weight excluding hydrogens is 236 g/mol. The molecule has 72 valence electrons. The van der Waals surface area contributed by atoms with Crippen molar-refractivity contribution in [2.24, 2.45) is 0 Å². The zero-order valence-corrected chi connectivity index (χ0v) is 8.93. The number of alkyl halides is 1. The molecule has 0 saturated heterocycles. The van der Waals surface area contributed by atoms with Crippen LogP contribution in [0.2, 0.25) is 0 Å². The number of rotatable bonds is 4. The van der Waals surface area contributed by atoms with Gasteiger partial charge in [-0.05, 0) is 13.3 Å². The molecular formula is C8H11BrN2O2. The Hall–Kier alpha value is -0.840. The van der Waals surface area contributed by atoms with E-state index in [0.29, 0.717) is 18.0 Å². The van der Waals surface area contributed by atoms with E-state index in [-0.39, 0.29) is 5.91 Å². The molecule has 4 nitrogen and oxygen atoms in total. The largest absolute Gasteiger partial charge is 0.438 e. The molecule has 0 aromatic carbocycles. The molecule has 0 saturated carbocycles. The third kappa shape index (κ3) is 2.84. The Kier molecular flexibility index (Phi) is 3.95. The number of nitrogens with one attached hydrogen (secondary N) is 1. The maximum atomic E-state index is 11.3. The second-order valence-electron chi connectivity index (χ2n) is 2.57. The maximum Gasteiger partial charge on any atom is 0.288 e. The Balaban J connectivity index is 2.45. The van der Waals surface area contributed by atoms with Crippen LogP contribution in [0.15, 0.2) is 10.8 Å². The molecule has 0 unspecified atom stereocenters. The predicted octanol–water partition coefficient (Wildman–Crippen LogP) is 1.50. The van der Waals surface area contributed by atoms with E-state index in [1.165, 1.54) is 6.39 Å². The number of aryl methyl sites for hydroxylation is 1. The molecule has 0 aliphatic carbocycles. The molecule has 0 atom stereocenters. The van der Waals surface area contributed by atoms with Gasteiger partial charge < -0.3 is 9.73 Å². The third-order valence-corrected chi connectivity index (χ3v) is 2.11. The van der Waals surface area contributed by atoms with Crippen LogP contribution in [0.1, 0.15) is 22.7 Å². The smallest absolute Gasteiger partial charge is 0.288 e. The minimum absolute atomic E-state index is 0.198. The number of nitrogens with zero attached hydrogens (tertiary/aromatic N) is 1. The van der Waals surface area contributed by atoms with Crippen molar-refractivity contribution in [3.05, 3.63) is 17.8 Å². The van der Waals surface area contributed by atoms with Crippen LogP contribution in [0.4, 0.5) is 0 Å². The van der Waals surface area contributed by atoms with Crippen molar-refractivity contribution in [2.75, 3.05) is 11.9 Å². The average Bonchev–Trinajstić information content (AvgIpc) is 2.52. The van der Waals surface area contributed by atoms with E-state index in [1.54, 1.807) is 6.92 Å². The summed E-state index contributed by atoms with van der Waals surface area (Å²) in [5.41, 5.74) is 0.622. The Morgan fingerprint density at radius 3 is 3.08 bits per heavy atom. The van der Waals surface area contributed by atoms with Gasteiger partial charge in [0.2, 0.25) is 5.76 Å². The van der Waals surface area contributed by atoms with E-state index in [0.717, 1.165) is 11.8 Å². The number of carbonyl (C=O) groups excluding carboxylic acids is 1. The Morgan fingerprint density at radius 1 is 1.77 bits per heavy atom. The first-order valence-corrected chi connectivity index (χ1v) is 5.12. The number of carbonyl (C=O) groups is 1. The molecule has 1 amide bonds. The number of halogens is 1. The number of amides is 1. The molecule has 0 spiro atoms. The summed E-state index contributed by atoms with van der Waals surface area (Å²) in [6.07, 6.45) is 2.17. The van der Waals surface area contributed by atoms with Crippen LogP contribution in [0.25, 0.3) is 0 Å². The van der Waals surface area contributed by atoms with Gasteiger partial charge in [0.25, 0.3) is 5.91 Å². The quantitative estimate of drug-likeness (QED) is 0.647. The van der Waals surface area contributed by atoms with E-state index in [2.05, 4.69) is 26.2 Å². The third-order valence-electron chi connectivity index (χ3n) is 1.55. The summed E-state index contributed by atoms with van der Waals surface area (Å²) in [5, 5.41) is 3.60. The van der Waals surface area contributed by atoms with Crippen LogP contribution < -0.4 is 5.32 Å². The van der Waals surface area contributed by atoms with Gasteiger partial charge in [-0.3, -0.25) is 4.79 Å². The van der Waals surface area contributed by atoms with Gasteiger partial charge in [0.15, 0.2) is 6.39 Å². The second kappa shape index (κ2) is 5.01. The fourth-order valence-corrected chi connectivity index (χ4v) is 1.15. The van der Waals surface area contributed by atoms with Gasteiger partial charge in [-0.15, -0.1) is 0 Å². The summed E-state index contributed by atoms with van der Waals surface area (Å²) in [4.78, 5) is 15.2. The molecule has 1 heterocycles. The first-order valence-electron chi connectivity index (χ1n) is 4.00. The molecule has 1 aromatic heterocycles. The summed E-state index contributed by atoms with van der Waals surface area (Å²) in [5.74, 6) is 0.102. The molecule has 0 bridgehead atoms. The minimum Gasteiger partial charge on any atom is -0.438 e. The van der Waals surface area contributed by atoms with Crippen LogP contribution in [0.3, 0.4) is 0 Å². The van der Waals surface area contributed by atoms with E-state index in [1.807, 2.05) is 0 Å². The molecule has 13 heavy (non-hydrogen) atoms. The van der Waals surface area contributed by atoms with Crippen LogP contribution in [0.5, 0.6) is 0 Å². The summed E-state index contributed by atoms with van der Waals surface area (Å²) in [7, 11) is 0. The van der Waals surface area contributed by atoms with Crippen molar-refractivity contribution in [3.8, 4) is 0 Å². The number of hydrogen-bond acceptors (Lipinski definition) is 3. The van der Waals surface area contributed by atoms with Crippen LogP contribution in [-0.2, 0) is 0 Å². The lowest BCUT2D eigenvalue weighted by Gasteiger charge is -2.00. The van der Waals surface area contributed by atoms with Gasteiger partial charge in [-0.1, -0.05) is 15.9 Å². The first kappa shape index (κ1) is 10.2. The van der Waals surface area contributed by atoms with Gasteiger partial charge in [0.05, 0.1) is 5.69 Å². The summed E-state index contributed by atoms with van der Waals surface area (Å²) < 4.78 is 4.92. The maximum absolute atomic E-state index is 11.3. The van der Waals surface area contributed by atoms with Gasteiger partial charge in [-0.25, -0.2) is 4.98 Å². The highest BCUT2D eigenvalue weighted by atomic mass is 79.9. The summed E-state index contributed by atoms with van der Waals surface area (Å²) in [6, 6.07) is 0. The Labute approximate surface area is 84.8 Å².